The number of rotatable bonds is 7. The highest BCUT2D eigenvalue weighted by Crippen LogP contribution is 2.27. The lowest BCUT2D eigenvalue weighted by Gasteiger charge is -2.06. The van der Waals surface area contributed by atoms with Gasteiger partial charge in [-0.15, -0.1) is 5.10 Å². The second-order valence-electron chi connectivity index (χ2n) is 5.36. The molecule has 0 radical (unpaired) electrons. The monoisotopic (exact) mass is 404 g/mol. The molecule has 0 aliphatic heterocycles. The molecule has 2 aromatic carbocycles. The number of tetrazole rings is 1. The van der Waals surface area contributed by atoms with Crippen molar-refractivity contribution in [2.75, 3.05) is 11.1 Å². The number of benzene rings is 2. The Morgan fingerprint density at radius 3 is 2.78 bits per heavy atom. The van der Waals surface area contributed by atoms with Crippen LogP contribution in [0.1, 0.15) is 5.56 Å². The number of anilines is 1. The van der Waals surface area contributed by atoms with Gasteiger partial charge in [-0.25, -0.2) is 4.68 Å². The normalized spacial score (nSPS) is 10.6. The quantitative estimate of drug-likeness (QED) is 0.365. The molecule has 0 aliphatic carbocycles. The third-order valence-corrected chi connectivity index (χ3v) is 4.71. The summed E-state index contributed by atoms with van der Waals surface area (Å²) in [5.74, 6) is -0.295. The number of carbonyl (C=O) groups is 1. The summed E-state index contributed by atoms with van der Waals surface area (Å²) in [5, 5.41) is 25.5. The fraction of sp³-hybridized carbons (Fsp3) is 0.125. The number of halogens is 1. The molecule has 0 spiro atoms. The van der Waals surface area contributed by atoms with Crippen molar-refractivity contribution in [1.29, 1.82) is 0 Å². The molecule has 0 fully saturated rings. The lowest BCUT2D eigenvalue weighted by molar-refractivity contribution is -0.384. The van der Waals surface area contributed by atoms with Gasteiger partial charge in [0.25, 0.3) is 5.69 Å². The predicted octanol–water partition coefficient (Wildman–Crippen LogP) is 3.01. The Morgan fingerprint density at radius 2 is 2.04 bits per heavy atom. The molecule has 0 unspecified atom stereocenters. The van der Waals surface area contributed by atoms with E-state index in [0.717, 1.165) is 5.56 Å². The summed E-state index contributed by atoms with van der Waals surface area (Å²) >= 11 is 6.93. The van der Waals surface area contributed by atoms with Crippen LogP contribution < -0.4 is 5.32 Å². The molecule has 138 valence electrons. The largest absolute Gasteiger partial charge is 0.325 e. The number of nitro benzene ring substituents is 1. The second kappa shape index (κ2) is 8.60. The number of nitrogens with zero attached hydrogens (tertiary/aromatic N) is 5. The maximum absolute atomic E-state index is 12.1. The van der Waals surface area contributed by atoms with Gasteiger partial charge in [0.15, 0.2) is 0 Å². The minimum atomic E-state index is -0.607. The van der Waals surface area contributed by atoms with Crippen LogP contribution in [0.4, 0.5) is 11.4 Å². The van der Waals surface area contributed by atoms with Gasteiger partial charge >= 0.3 is 0 Å². The molecule has 0 aliphatic rings. The predicted molar refractivity (Wildman–Crippen MR) is 101 cm³/mol. The molecule has 1 amide bonds. The van der Waals surface area contributed by atoms with E-state index in [1.807, 2.05) is 30.3 Å². The molecular weight excluding hydrogens is 392 g/mol. The van der Waals surface area contributed by atoms with Crippen LogP contribution in [0.2, 0.25) is 5.02 Å². The molecule has 1 aromatic heterocycles. The van der Waals surface area contributed by atoms with Gasteiger partial charge < -0.3 is 5.32 Å². The van der Waals surface area contributed by atoms with Crippen molar-refractivity contribution in [2.45, 2.75) is 11.7 Å². The Bertz CT molecular complexity index is 966. The van der Waals surface area contributed by atoms with E-state index in [4.69, 9.17) is 11.6 Å². The maximum atomic E-state index is 12.1. The van der Waals surface area contributed by atoms with E-state index in [9.17, 15) is 14.9 Å². The zero-order valence-electron chi connectivity index (χ0n) is 13.8. The fourth-order valence-electron chi connectivity index (χ4n) is 2.21. The molecule has 1 heterocycles. The van der Waals surface area contributed by atoms with Crippen molar-refractivity contribution in [1.82, 2.24) is 20.2 Å². The van der Waals surface area contributed by atoms with E-state index < -0.39 is 4.92 Å². The Hall–Kier alpha value is -2.98. The van der Waals surface area contributed by atoms with Crippen molar-refractivity contribution >= 4 is 40.6 Å². The zero-order chi connectivity index (χ0) is 19.2. The van der Waals surface area contributed by atoms with Gasteiger partial charge in [0, 0.05) is 11.8 Å². The second-order valence-corrected chi connectivity index (χ2v) is 6.71. The molecular formula is C16H13ClN6O3S. The average Bonchev–Trinajstić information content (AvgIpc) is 3.09. The number of aromatic nitrogens is 4. The van der Waals surface area contributed by atoms with Crippen LogP contribution in [0.3, 0.4) is 0 Å². The molecule has 0 bridgehead atoms. The summed E-state index contributed by atoms with van der Waals surface area (Å²) < 4.78 is 1.60. The van der Waals surface area contributed by atoms with Crippen LogP contribution in [0.25, 0.3) is 0 Å². The van der Waals surface area contributed by atoms with Crippen LogP contribution in [-0.2, 0) is 11.3 Å². The first-order chi connectivity index (χ1) is 13.0. The van der Waals surface area contributed by atoms with Gasteiger partial charge in [0.2, 0.25) is 11.1 Å². The van der Waals surface area contributed by atoms with Crippen molar-refractivity contribution in [2.24, 2.45) is 0 Å². The van der Waals surface area contributed by atoms with Crippen molar-refractivity contribution in [3.8, 4) is 0 Å². The van der Waals surface area contributed by atoms with Crippen LogP contribution in [0.5, 0.6) is 0 Å². The first-order valence-electron chi connectivity index (χ1n) is 7.69. The highest BCUT2D eigenvalue weighted by atomic mass is 35.5. The van der Waals surface area contributed by atoms with Gasteiger partial charge in [-0.3, -0.25) is 14.9 Å². The van der Waals surface area contributed by atoms with Crippen molar-refractivity contribution in [3.05, 3.63) is 69.2 Å². The summed E-state index contributed by atoms with van der Waals surface area (Å²) in [6.45, 7) is 0.487. The topological polar surface area (TPSA) is 116 Å². The van der Waals surface area contributed by atoms with Crippen LogP contribution in [0, 0.1) is 10.1 Å². The van der Waals surface area contributed by atoms with E-state index in [0.29, 0.717) is 17.4 Å². The van der Waals surface area contributed by atoms with Crippen molar-refractivity contribution in [3.63, 3.8) is 0 Å². The van der Waals surface area contributed by atoms with Gasteiger partial charge in [0.05, 0.1) is 17.2 Å². The molecule has 11 heteroatoms. The first-order valence-corrected chi connectivity index (χ1v) is 9.06. The summed E-state index contributed by atoms with van der Waals surface area (Å²) in [6, 6.07) is 13.7. The van der Waals surface area contributed by atoms with E-state index >= 15 is 0 Å². The minimum Gasteiger partial charge on any atom is -0.325 e. The standard InChI is InChI=1S/C16H13ClN6O3S/c17-13-7-6-12(8-14(13)23(25)26)18-15(24)10-27-16-19-20-21-22(16)9-11-4-2-1-3-5-11/h1-8H,9-10H2,(H,18,24). The average molecular weight is 405 g/mol. The van der Waals surface area contributed by atoms with Gasteiger partial charge in [-0.1, -0.05) is 53.7 Å². The molecule has 3 rings (SSSR count). The highest BCUT2D eigenvalue weighted by Gasteiger charge is 2.15. The Kier molecular flexibility index (Phi) is 5.99. The SMILES string of the molecule is O=C(CSc1nnnn1Cc1ccccc1)Nc1ccc(Cl)c([N+](=O)[O-])c1. The van der Waals surface area contributed by atoms with E-state index in [1.54, 1.807) is 4.68 Å². The summed E-state index contributed by atoms with van der Waals surface area (Å²) in [4.78, 5) is 22.4. The number of hydrogen-bond acceptors (Lipinski definition) is 7. The molecule has 9 nitrogen and oxygen atoms in total. The molecule has 0 saturated heterocycles. The van der Waals surface area contributed by atoms with E-state index in [-0.39, 0.29) is 22.4 Å². The number of nitrogens with one attached hydrogen (secondary N) is 1. The summed E-state index contributed by atoms with van der Waals surface area (Å²) in [7, 11) is 0. The van der Waals surface area contributed by atoms with E-state index in [2.05, 4.69) is 20.8 Å². The fourth-order valence-corrected chi connectivity index (χ4v) is 3.08. The zero-order valence-corrected chi connectivity index (χ0v) is 15.4. The third-order valence-electron chi connectivity index (χ3n) is 3.43. The maximum Gasteiger partial charge on any atom is 0.289 e. The highest BCUT2D eigenvalue weighted by molar-refractivity contribution is 7.99. The van der Waals surface area contributed by atoms with Crippen LogP contribution >= 0.6 is 23.4 Å². The molecule has 0 saturated carbocycles. The van der Waals surface area contributed by atoms with Crippen LogP contribution in [0.15, 0.2) is 53.7 Å². The van der Waals surface area contributed by atoms with Crippen molar-refractivity contribution < 1.29 is 9.72 Å². The third kappa shape index (κ3) is 5.02. The summed E-state index contributed by atoms with van der Waals surface area (Å²) in [5.41, 5.74) is 1.05. The first kappa shape index (κ1) is 18.8. The molecule has 1 N–H and O–H groups in total. The lowest BCUT2D eigenvalue weighted by Crippen LogP contribution is -2.15. The Morgan fingerprint density at radius 1 is 1.26 bits per heavy atom. The molecule has 27 heavy (non-hydrogen) atoms. The number of carbonyl (C=O) groups excluding carboxylic acids is 1. The number of nitro groups is 1. The molecule has 0 atom stereocenters. The smallest absolute Gasteiger partial charge is 0.289 e. The van der Waals surface area contributed by atoms with E-state index in [1.165, 1.54) is 30.0 Å². The summed E-state index contributed by atoms with van der Waals surface area (Å²) in [6.07, 6.45) is 0. The lowest BCUT2D eigenvalue weighted by atomic mass is 10.2. The Labute approximate surface area is 162 Å². The Balaban J connectivity index is 1.60. The number of thioether (sulfide) groups is 1. The molecule has 3 aromatic rings. The number of amides is 1. The van der Waals surface area contributed by atoms with Crippen LogP contribution in [-0.4, -0.2) is 36.8 Å². The minimum absolute atomic E-state index is 0.00691. The van der Waals surface area contributed by atoms with Gasteiger partial charge in [0.1, 0.15) is 5.02 Å². The van der Waals surface area contributed by atoms with Gasteiger partial charge in [-0.05, 0) is 28.1 Å². The van der Waals surface area contributed by atoms with Gasteiger partial charge in [-0.2, -0.15) is 0 Å². The number of hydrogen-bond donors (Lipinski definition) is 1.